The van der Waals surface area contributed by atoms with E-state index in [1.54, 1.807) is 6.07 Å². The van der Waals surface area contributed by atoms with Gasteiger partial charge < -0.3 is 10.6 Å². The van der Waals surface area contributed by atoms with Gasteiger partial charge in [0.25, 0.3) is 0 Å². The van der Waals surface area contributed by atoms with Crippen LogP contribution in [0.2, 0.25) is 5.15 Å². The quantitative estimate of drug-likeness (QED) is 0.863. The Hall–Kier alpha value is -1.74. The molecule has 4 heteroatoms. The van der Waals surface area contributed by atoms with Crippen molar-refractivity contribution >= 4 is 23.1 Å². The number of rotatable bonds is 3. The van der Waals surface area contributed by atoms with Crippen LogP contribution in [0.25, 0.3) is 0 Å². The zero-order valence-corrected chi connectivity index (χ0v) is 11.3. The molecule has 2 rings (SSSR count). The van der Waals surface area contributed by atoms with Crippen LogP contribution in [0.15, 0.2) is 36.4 Å². The Kier molecular flexibility index (Phi) is 3.72. The summed E-state index contributed by atoms with van der Waals surface area (Å²) in [4.78, 5) is 6.29. The Morgan fingerprint density at radius 2 is 2.06 bits per heavy atom. The fraction of sp³-hybridized carbons (Fsp3) is 0.214. The van der Waals surface area contributed by atoms with Crippen molar-refractivity contribution < 1.29 is 0 Å². The van der Waals surface area contributed by atoms with Crippen molar-refractivity contribution in [1.29, 1.82) is 0 Å². The van der Waals surface area contributed by atoms with E-state index in [4.69, 9.17) is 17.3 Å². The highest BCUT2D eigenvalue weighted by Crippen LogP contribution is 2.20. The van der Waals surface area contributed by atoms with Crippen molar-refractivity contribution in [1.82, 2.24) is 4.98 Å². The molecule has 0 aliphatic heterocycles. The van der Waals surface area contributed by atoms with Gasteiger partial charge >= 0.3 is 0 Å². The van der Waals surface area contributed by atoms with Gasteiger partial charge in [-0.3, -0.25) is 0 Å². The number of nitrogens with two attached hydrogens (primary N) is 1. The molecule has 1 aromatic carbocycles. The number of aryl methyl sites for hydroxylation is 1. The monoisotopic (exact) mass is 261 g/mol. The van der Waals surface area contributed by atoms with Crippen LogP contribution in [-0.2, 0) is 6.54 Å². The number of halogens is 1. The molecule has 0 aliphatic rings. The summed E-state index contributed by atoms with van der Waals surface area (Å²) < 4.78 is 0. The molecule has 18 heavy (non-hydrogen) atoms. The number of hydrogen-bond acceptors (Lipinski definition) is 3. The lowest BCUT2D eigenvalue weighted by atomic mass is 10.1. The lowest BCUT2D eigenvalue weighted by Crippen LogP contribution is -2.18. The van der Waals surface area contributed by atoms with Crippen molar-refractivity contribution in [2.75, 3.05) is 17.7 Å². The van der Waals surface area contributed by atoms with E-state index in [9.17, 15) is 0 Å². The highest BCUT2D eigenvalue weighted by Gasteiger charge is 2.06. The third-order valence-electron chi connectivity index (χ3n) is 2.70. The standard InChI is InChI=1S/C14H16ClN3/c1-10-4-3-5-11(6-10)9-18(2)14-8-12(16)7-13(15)17-14/h3-8H,9H2,1-2H3,(H2,16,17). The van der Waals surface area contributed by atoms with E-state index in [0.717, 1.165) is 12.4 Å². The molecular formula is C14H16ClN3. The van der Waals surface area contributed by atoms with E-state index >= 15 is 0 Å². The Balaban J connectivity index is 2.19. The molecule has 0 radical (unpaired) electrons. The number of aromatic nitrogens is 1. The molecule has 0 amide bonds. The lowest BCUT2D eigenvalue weighted by molar-refractivity contribution is 0.897. The predicted molar refractivity (Wildman–Crippen MR) is 76.9 cm³/mol. The molecule has 0 spiro atoms. The number of nitrogen functional groups attached to an aromatic ring is 1. The topological polar surface area (TPSA) is 42.1 Å². The zero-order valence-electron chi connectivity index (χ0n) is 10.5. The fourth-order valence-corrected chi connectivity index (χ4v) is 2.08. The SMILES string of the molecule is Cc1cccc(CN(C)c2cc(N)cc(Cl)n2)c1. The maximum atomic E-state index is 5.90. The largest absolute Gasteiger partial charge is 0.399 e. The van der Waals surface area contributed by atoms with Gasteiger partial charge in [-0.2, -0.15) is 0 Å². The van der Waals surface area contributed by atoms with Gasteiger partial charge in [-0.25, -0.2) is 4.98 Å². The fourth-order valence-electron chi connectivity index (χ4n) is 1.86. The van der Waals surface area contributed by atoms with Crippen molar-refractivity contribution in [3.05, 3.63) is 52.7 Å². The predicted octanol–water partition coefficient (Wildman–Crippen LogP) is 3.26. The van der Waals surface area contributed by atoms with Crippen LogP contribution < -0.4 is 10.6 Å². The Morgan fingerprint density at radius 1 is 1.28 bits per heavy atom. The summed E-state index contributed by atoms with van der Waals surface area (Å²) in [5.74, 6) is 0.779. The summed E-state index contributed by atoms with van der Waals surface area (Å²) in [5.41, 5.74) is 8.87. The Labute approximate surface area is 112 Å². The van der Waals surface area contributed by atoms with Crippen molar-refractivity contribution in [2.45, 2.75) is 13.5 Å². The van der Waals surface area contributed by atoms with E-state index in [-0.39, 0.29) is 0 Å². The molecule has 1 aromatic heterocycles. The number of hydrogen-bond donors (Lipinski definition) is 1. The number of pyridine rings is 1. The summed E-state index contributed by atoms with van der Waals surface area (Å²) in [7, 11) is 1.97. The first kappa shape index (κ1) is 12.7. The molecule has 2 N–H and O–H groups in total. The van der Waals surface area contributed by atoms with Crippen LogP contribution in [0.5, 0.6) is 0 Å². The maximum absolute atomic E-state index is 5.90. The zero-order chi connectivity index (χ0) is 13.1. The van der Waals surface area contributed by atoms with Gasteiger partial charge in [-0.15, -0.1) is 0 Å². The average Bonchev–Trinajstić information content (AvgIpc) is 2.27. The third-order valence-corrected chi connectivity index (χ3v) is 2.89. The maximum Gasteiger partial charge on any atom is 0.133 e. The normalized spacial score (nSPS) is 10.4. The van der Waals surface area contributed by atoms with Gasteiger partial charge in [-0.1, -0.05) is 41.4 Å². The molecule has 0 saturated carbocycles. The molecule has 94 valence electrons. The molecule has 0 unspecified atom stereocenters. The van der Waals surface area contributed by atoms with E-state index in [1.807, 2.05) is 18.0 Å². The number of benzene rings is 1. The highest BCUT2D eigenvalue weighted by atomic mass is 35.5. The number of anilines is 2. The van der Waals surface area contributed by atoms with Crippen LogP contribution in [-0.4, -0.2) is 12.0 Å². The Bertz CT molecular complexity index is 534. The minimum atomic E-state index is 0.418. The summed E-state index contributed by atoms with van der Waals surface area (Å²) >= 11 is 5.90. The molecular weight excluding hydrogens is 246 g/mol. The van der Waals surface area contributed by atoms with E-state index in [2.05, 4.69) is 36.2 Å². The first-order chi connectivity index (χ1) is 8.54. The van der Waals surface area contributed by atoms with Gasteiger partial charge in [0, 0.05) is 25.3 Å². The first-order valence-corrected chi connectivity index (χ1v) is 6.12. The summed E-state index contributed by atoms with van der Waals surface area (Å²) in [6.45, 7) is 2.85. The van der Waals surface area contributed by atoms with Crippen LogP contribution in [0, 0.1) is 6.92 Å². The van der Waals surface area contributed by atoms with Crippen LogP contribution in [0.1, 0.15) is 11.1 Å². The van der Waals surface area contributed by atoms with Crippen molar-refractivity contribution in [2.24, 2.45) is 0 Å². The van der Waals surface area contributed by atoms with Crippen molar-refractivity contribution in [3.63, 3.8) is 0 Å². The Morgan fingerprint density at radius 3 is 2.72 bits per heavy atom. The molecule has 3 nitrogen and oxygen atoms in total. The average molecular weight is 262 g/mol. The molecule has 0 aliphatic carbocycles. The second-order valence-corrected chi connectivity index (χ2v) is 4.81. The summed E-state index contributed by atoms with van der Waals surface area (Å²) in [5, 5.41) is 0.418. The molecule has 0 bridgehead atoms. The van der Waals surface area contributed by atoms with Crippen LogP contribution in [0.3, 0.4) is 0 Å². The van der Waals surface area contributed by atoms with Gasteiger partial charge in [0.2, 0.25) is 0 Å². The first-order valence-electron chi connectivity index (χ1n) is 5.74. The van der Waals surface area contributed by atoms with Gasteiger partial charge in [-0.05, 0) is 18.6 Å². The number of nitrogens with zero attached hydrogens (tertiary/aromatic N) is 2. The minimum Gasteiger partial charge on any atom is -0.399 e. The molecule has 0 saturated heterocycles. The van der Waals surface area contributed by atoms with E-state index < -0.39 is 0 Å². The smallest absolute Gasteiger partial charge is 0.133 e. The van der Waals surface area contributed by atoms with Crippen LogP contribution >= 0.6 is 11.6 Å². The summed E-state index contributed by atoms with van der Waals surface area (Å²) in [6, 6.07) is 11.9. The van der Waals surface area contributed by atoms with Gasteiger partial charge in [0.15, 0.2) is 0 Å². The van der Waals surface area contributed by atoms with E-state index in [0.29, 0.717) is 10.8 Å². The molecule has 0 fully saturated rings. The second kappa shape index (κ2) is 5.27. The molecule has 0 atom stereocenters. The molecule has 1 heterocycles. The van der Waals surface area contributed by atoms with Gasteiger partial charge in [0.1, 0.15) is 11.0 Å². The minimum absolute atomic E-state index is 0.418. The second-order valence-electron chi connectivity index (χ2n) is 4.43. The lowest BCUT2D eigenvalue weighted by Gasteiger charge is -2.19. The summed E-state index contributed by atoms with van der Waals surface area (Å²) in [6.07, 6.45) is 0. The van der Waals surface area contributed by atoms with Gasteiger partial charge in [0.05, 0.1) is 0 Å². The third kappa shape index (κ3) is 3.14. The molecule has 2 aromatic rings. The highest BCUT2D eigenvalue weighted by molar-refractivity contribution is 6.29. The van der Waals surface area contributed by atoms with Crippen LogP contribution in [0.4, 0.5) is 11.5 Å². The van der Waals surface area contributed by atoms with E-state index in [1.165, 1.54) is 11.1 Å². The van der Waals surface area contributed by atoms with Crippen molar-refractivity contribution in [3.8, 4) is 0 Å².